The summed E-state index contributed by atoms with van der Waals surface area (Å²) in [5.74, 6) is 2.38. The van der Waals surface area contributed by atoms with Crippen LogP contribution < -0.4 is 10.1 Å². The highest BCUT2D eigenvalue weighted by molar-refractivity contribution is 5.77. The van der Waals surface area contributed by atoms with Crippen molar-refractivity contribution in [2.24, 2.45) is 0 Å². The van der Waals surface area contributed by atoms with Gasteiger partial charge in [0.1, 0.15) is 11.4 Å². The van der Waals surface area contributed by atoms with Crippen molar-refractivity contribution in [3.8, 4) is 18.1 Å². The van der Waals surface area contributed by atoms with E-state index in [1.807, 2.05) is 0 Å². The Hall–Kier alpha value is -2.35. The predicted octanol–water partition coefficient (Wildman–Crippen LogP) is 0.0223. The molecule has 0 radical (unpaired) electrons. The number of ether oxygens (including phenoxy) is 1. The van der Waals surface area contributed by atoms with Crippen molar-refractivity contribution in [1.82, 2.24) is 10.3 Å². The van der Waals surface area contributed by atoms with E-state index in [0.29, 0.717) is 17.7 Å². The van der Waals surface area contributed by atoms with Crippen LogP contribution in [0, 0.1) is 12.3 Å². The van der Waals surface area contributed by atoms with E-state index in [2.05, 4.69) is 16.2 Å². The maximum atomic E-state index is 11.1. The van der Waals surface area contributed by atoms with Crippen molar-refractivity contribution in [2.75, 3.05) is 13.2 Å². The minimum Gasteiger partial charge on any atom is -0.482 e. The van der Waals surface area contributed by atoms with E-state index in [9.17, 15) is 9.59 Å². The molecular weight excluding hydrogens is 208 g/mol. The van der Waals surface area contributed by atoms with Crippen LogP contribution in [0.2, 0.25) is 0 Å². The standard InChI is InChI=1S/C11H10N2O3/c1-2-5-12-11(15)8-16-10-4-3-9(7-14)13-6-10/h1,3-4,6-7H,5,8H2,(H,12,15). The predicted molar refractivity (Wildman–Crippen MR) is 57.0 cm³/mol. The smallest absolute Gasteiger partial charge is 0.258 e. The van der Waals surface area contributed by atoms with Gasteiger partial charge in [0.2, 0.25) is 0 Å². The van der Waals surface area contributed by atoms with Crippen LogP contribution in [0.25, 0.3) is 0 Å². The quantitative estimate of drug-likeness (QED) is 0.559. The summed E-state index contributed by atoms with van der Waals surface area (Å²) in [7, 11) is 0. The average molecular weight is 218 g/mol. The van der Waals surface area contributed by atoms with Crippen molar-refractivity contribution in [1.29, 1.82) is 0 Å². The lowest BCUT2D eigenvalue weighted by Gasteiger charge is -2.04. The Morgan fingerprint density at radius 2 is 2.44 bits per heavy atom. The minimum atomic E-state index is -0.308. The molecule has 5 heteroatoms. The molecule has 0 saturated heterocycles. The second-order valence-electron chi connectivity index (χ2n) is 2.81. The van der Waals surface area contributed by atoms with Crippen LogP contribution in [-0.2, 0) is 4.79 Å². The van der Waals surface area contributed by atoms with E-state index in [0.717, 1.165) is 0 Å². The Morgan fingerprint density at radius 3 is 3.00 bits per heavy atom. The van der Waals surface area contributed by atoms with E-state index in [4.69, 9.17) is 11.2 Å². The zero-order valence-corrected chi connectivity index (χ0v) is 8.47. The van der Waals surface area contributed by atoms with Gasteiger partial charge in [-0.15, -0.1) is 6.42 Å². The molecule has 0 atom stereocenters. The molecule has 1 rings (SSSR count). The van der Waals surface area contributed by atoms with Crippen molar-refractivity contribution in [3.63, 3.8) is 0 Å². The van der Waals surface area contributed by atoms with Gasteiger partial charge in [0.25, 0.3) is 5.91 Å². The molecule has 0 saturated carbocycles. The van der Waals surface area contributed by atoms with Crippen LogP contribution in [0.4, 0.5) is 0 Å². The second-order valence-corrected chi connectivity index (χ2v) is 2.81. The fourth-order valence-corrected chi connectivity index (χ4v) is 0.896. The molecule has 1 amide bonds. The molecule has 0 aliphatic rings. The van der Waals surface area contributed by atoms with Crippen LogP contribution in [-0.4, -0.2) is 30.3 Å². The molecule has 0 unspecified atom stereocenters. The summed E-state index contributed by atoms with van der Waals surface area (Å²) in [5.41, 5.74) is 0.309. The topological polar surface area (TPSA) is 68.3 Å². The maximum absolute atomic E-state index is 11.1. The molecule has 5 nitrogen and oxygen atoms in total. The van der Waals surface area contributed by atoms with Gasteiger partial charge in [-0.25, -0.2) is 4.98 Å². The molecule has 1 heterocycles. The molecule has 1 aromatic rings. The van der Waals surface area contributed by atoms with Gasteiger partial charge in [-0.3, -0.25) is 9.59 Å². The average Bonchev–Trinajstić information content (AvgIpc) is 2.34. The molecule has 82 valence electrons. The van der Waals surface area contributed by atoms with Gasteiger partial charge in [0.15, 0.2) is 12.9 Å². The fraction of sp³-hybridized carbons (Fsp3) is 0.182. The normalized spacial score (nSPS) is 8.94. The number of nitrogens with one attached hydrogen (secondary N) is 1. The van der Waals surface area contributed by atoms with Gasteiger partial charge in [-0.05, 0) is 12.1 Å². The first-order valence-corrected chi connectivity index (χ1v) is 4.50. The number of terminal acetylenes is 1. The minimum absolute atomic E-state index is 0.135. The largest absolute Gasteiger partial charge is 0.482 e. The number of aromatic nitrogens is 1. The van der Waals surface area contributed by atoms with E-state index in [1.165, 1.54) is 12.3 Å². The van der Waals surface area contributed by atoms with Crippen LogP contribution in [0.15, 0.2) is 18.3 Å². The molecule has 0 aromatic carbocycles. The summed E-state index contributed by atoms with van der Waals surface area (Å²) in [6.45, 7) is 0.0360. The fourth-order valence-electron chi connectivity index (χ4n) is 0.896. The van der Waals surface area contributed by atoms with E-state index in [1.54, 1.807) is 6.07 Å². The third-order valence-electron chi connectivity index (χ3n) is 1.64. The highest BCUT2D eigenvalue weighted by Gasteiger charge is 2.01. The Balaban J connectivity index is 2.39. The number of rotatable bonds is 5. The Kier molecular flexibility index (Phi) is 4.54. The Labute approximate surface area is 92.8 Å². The zero-order chi connectivity index (χ0) is 11.8. The number of carbonyl (C=O) groups excluding carboxylic acids is 2. The number of pyridine rings is 1. The van der Waals surface area contributed by atoms with Crippen molar-refractivity contribution in [2.45, 2.75) is 0 Å². The molecule has 16 heavy (non-hydrogen) atoms. The first-order valence-electron chi connectivity index (χ1n) is 4.50. The molecule has 0 spiro atoms. The third-order valence-corrected chi connectivity index (χ3v) is 1.64. The van der Waals surface area contributed by atoms with Gasteiger partial charge >= 0.3 is 0 Å². The molecule has 1 N–H and O–H groups in total. The van der Waals surface area contributed by atoms with Crippen molar-refractivity contribution >= 4 is 12.2 Å². The SMILES string of the molecule is C#CCNC(=O)COc1ccc(C=O)nc1. The Morgan fingerprint density at radius 1 is 1.62 bits per heavy atom. The van der Waals surface area contributed by atoms with Gasteiger partial charge in [0.05, 0.1) is 12.7 Å². The first-order chi connectivity index (χ1) is 7.76. The summed E-state index contributed by atoms with van der Waals surface area (Å²) < 4.78 is 5.11. The maximum Gasteiger partial charge on any atom is 0.258 e. The highest BCUT2D eigenvalue weighted by atomic mass is 16.5. The summed E-state index contributed by atoms with van der Waals surface area (Å²) in [6, 6.07) is 3.06. The Bertz CT molecular complexity index is 406. The summed E-state index contributed by atoms with van der Waals surface area (Å²) in [5, 5.41) is 2.45. The summed E-state index contributed by atoms with van der Waals surface area (Å²) >= 11 is 0. The zero-order valence-electron chi connectivity index (χ0n) is 8.47. The highest BCUT2D eigenvalue weighted by Crippen LogP contribution is 2.07. The molecule has 0 bridgehead atoms. The molecular formula is C11H10N2O3. The molecule has 0 aliphatic heterocycles. The van der Waals surface area contributed by atoms with E-state index < -0.39 is 0 Å². The van der Waals surface area contributed by atoms with Crippen LogP contribution in [0.3, 0.4) is 0 Å². The van der Waals surface area contributed by atoms with Crippen molar-refractivity contribution in [3.05, 3.63) is 24.0 Å². The second kappa shape index (κ2) is 6.19. The van der Waals surface area contributed by atoms with Gasteiger partial charge in [0, 0.05) is 0 Å². The molecule has 1 aromatic heterocycles. The number of hydrogen-bond acceptors (Lipinski definition) is 4. The van der Waals surface area contributed by atoms with E-state index >= 15 is 0 Å². The lowest BCUT2D eigenvalue weighted by molar-refractivity contribution is -0.122. The summed E-state index contributed by atoms with van der Waals surface area (Å²) in [6.07, 6.45) is 6.97. The van der Waals surface area contributed by atoms with Crippen LogP contribution in [0.1, 0.15) is 10.5 Å². The molecule has 0 fully saturated rings. The van der Waals surface area contributed by atoms with Gasteiger partial charge < -0.3 is 10.1 Å². The monoisotopic (exact) mass is 218 g/mol. The summed E-state index contributed by atoms with van der Waals surface area (Å²) in [4.78, 5) is 25.2. The number of nitrogens with zero attached hydrogens (tertiary/aromatic N) is 1. The van der Waals surface area contributed by atoms with E-state index in [-0.39, 0.29) is 19.1 Å². The lowest BCUT2D eigenvalue weighted by Crippen LogP contribution is -2.29. The lowest BCUT2D eigenvalue weighted by atomic mass is 10.4. The third kappa shape index (κ3) is 3.80. The number of aldehydes is 1. The van der Waals surface area contributed by atoms with Crippen molar-refractivity contribution < 1.29 is 14.3 Å². The van der Waals surface area contributed by atoms with Gasteiger partial charge in [-0.1, -0.05) is 5.92 Å². The van der Waals surface area contributed by atoms with Crippen LogP contribution >= 0.6 is 0 Å². The van der Waals surface area contributed by atoms with Crippen LogP contribution in [0.5, 0.6) is 5.75 Å². The first kappa shape index (κ1) is 11.7. The number of carbonyl (C=O) groups is 2. The molecule has 0 aliphatic carbocycles. The van der Waals surface area contributed by atoms with Gasteiger partial charge in [-0.2, -0.15) is 0 Å². The number of amides is 1. The number of hydrogen-bond donors (Lipinski definition) is 1.